The van der Waals surface area contributed by atoms with Crippen molar-refractivity contribution >= 4 is 17.2 Å². The van der Waals surface area contributed by atoms with Gasteiger partial charge in [-0.05, 0) is 44.6 Å². The van der Waals surface area contributed by atoms with Crippen molar-refractivity contribution in [3.8, 4) is 0 Å². The Hall–Kier alpha value is -0.870. The average Bonchev–Trinajstić information content (AvgIpc) is 2.85. The van der Waals surface area contributed by atoms with Gasteiger partial charge in [0.1, 0.15) is 0 Å². The van der Waals surface area contributed by atoms with Crippen LogP contribution in [0.1, 0.15) is 38.0 Å². The zero-order valence-corrected chi connectivity index (χ0v) is 12.0. The van der Waals surface area contributed by atoms with Gasteiger partial charge in [-0.3, -0.25) is 4.79 Å². The van der Waals surface area contributed by atoms with Crippen molar-refractivity contribution in [2.75, 3.05) is 6.54 Å². The molecule has 1 aliphatic heterocycles. The molecule has 0 bridgehead atoms. The summed E-state index contributed by atoms with van der Waals surface area (Å²) in [5.41, 5.74) is 5.88. The number of aryl methyl sites for hydroxylation is 1. The Morgan fingerprint density at radius 3 is 2.94 bits per heavy atom. The molecule has 1 aliphatic rings. The number of amides is 1. The second-order valence-electron chi connectivity index (χ2n) is 5.71. The average molecular weight is 266 g/mol. The van der Waals surface area contributed by atoms with Crippen molar-refractivity contribution in [3.63, 3.8) is 0 Å². The van der Waals surface area contributed by atoms with Gasteiger partial charge in [0.15, 0.2) is 0 Å². The number of thiophene rings is 1. The van der Waals surface area contributed by atoms with E-state index >= 15 is 0 Å². The van der Waals surface area contributed by atoms with E-state index in [1.165, 1.54) is 4.88 Å². The molecule has 3 nitrogen and oxygen atoms in total. The zero-order valence-electron chi connectivity index (χ0n) is 11.2. The van der Waals surface area contributed by atoms with Crippen LogP contribution in [-0.2, 0) is 11.2 Å². The van der Waals surface area contributed by atoms with Gasteiger partial charge in [-0.1, -0.05) is 6.07 Å². The van der Waals surface area contributed by atoms with Crippen molar-refractivity contribution < 1.29 is 4.79 Å². The molecule has 1 fully saturated rings. The SMILES string of the molecule is CC1(C)CC(N)CN1C(=O)CCCc1cccs1. The lowest BCUT2D eigenvalue weighted by Gasteiger charge is -2.31. The first-order valence-corrected chi connectivity index (χ1v) is 7.45. The van der Waals surface area contributed by atoms with E-state index in [-0.39, 0.29) is 17.5 Å². The van der Waals surface area contributed by atoms with Crippen LogP contribution in [0.4, 0.5) is 0 Å². The number of carbonyl (C=O) groups is 1. The highest BCUT2D eigenvalue weighted by Gasteiger charge is 2.39. The summed E-state index contributed by atoms with van der Waals surface area (Å²) in [5.74, 6) is 0.254. The molecule has 18 heavy (non-hydrogen) atoms. The summed E-state index contributed by atoms with van der Waals surface area (Å²) < 4.78 is 0. The van der Waals surface area contributed by atoms with Gasteiger partial charge in [0.05, 0.1) is 0 Å². The lowest BCUT2D eigenvalue weighted by molar-refractivity contribution is -0.134. The summed E-state index contributed by atoms with van der Waals surface area (Å²) in [6.45, 7) is 4.93. The lowest BCUT2D eigenvalue weighted by Crippen LogP contribution is -2.42. The summed E-state index contributed by atoms with van der Waals surface area (Å²) in [4.78, 5) is 15.5. The van der Waals surface area contributed by atoms with Crippen LogP contribution in [0.3, 0.4) is 0 Å². The van der Waals surface area contributed by atoms with Crippen molar-refractivity contribution in [1.29, 1.82) is 0 Å². The molecule has 0 spiro atoms. The Balaban J connectivity index is 1.81. The molecule has 0 saturated carbocycles. The van der Waals surface area contributed by atoms with Crippen molar-refractivity contribution in [2.45, 2.75) is 51.1 Å². The first-order valence-electron chi connectivity index (χ1n) is 6.57. The molecule has 2 heterocycles. The van der Waals surface area contributed by atoms with Gasteiger partial charge in [-0.25, -0.2) is 0 Å². The Labute approximate surface area is 113 Å². The van der Waals surface area contributed by atoms with Gasteiger partial charge >= 0.3 is 0 Å². The summed E-state index contributed by atoms with van der Waals surface area (Å²) in [5, 5.41) is 2.08. The smallest absolute Gasteiger partial charge is 0.223 e. The summed E-state index contributed by atoms with van der Waals surface area (Å²) >= 11 is 1.76. The van der Waals surface area contributed by atoms with E-state index in [0.717, 1.165) is 19.3 Å². The number of hydrogen-bond donors (Lipinski definition) is 1. The maximum Gasteiger partial charge on any atom is 0.223 e. The van der Waals surface area contributed by atoms with E-state index in [9.17, 15) is 4.79 Å². The van der Waals surface area contributed by atoms with Gasteiger partial charge in [0, 0.05) is 29.4 Å². The number of nitrogens with two attached hydrogens (primary N) is 1. The van der Waals surface area contributed by atoms with Gasteiger partial charge < -0.3 is 10.6 Å². The van der Waals surface area contributed by atoms with E-state index in [1.54, 1.807) is 11.3 Å². The van der Waals surface area contributed by atoms with Crippen LogP contribution in [0.25, 0.3) is 0 Å². The second-order valence-corrected chi connectivity index (χ2v) is 6.75. The summed E-state index contributed by atoms with van der Waals surface area (Å²) in [6, 6.07) is 4.33. The van der Waals surface area contributed by atoms with Crippen LogP contribution in [0, 0.1) is 0 Å². The normalized spacial score (nSPS) is 22.4. The molecule has 1 atom stereocenters. The van der Waals surface area contributed by atoms with Crippen LogP contribution >= 0.6 is 11.3 Å². The molecule has 0 aromatic carbocycles. The highest BCUT2D eigenvalue weighted by Crippen LogP contribution is 2.28. The third kappa shape index (κ3) is 3.12. The van der Waals surface area contributed by atoms with Crippen LogP contribution in [0.15, 0.2) is 17.5 Å². The quantitative estimate of drug-likeness (QED) is 0.909. The van der Waals surface area contributed by atoms with Crippen LogP contribution in [-0.4, -0.2) is 28.9 Å². The number of likely N-dealkylation sites (tertiary alicyclic amines) is 1. The summed E-state index contributed by atoms with van der Waals surface area (Å²) in [6.07, 6.45) is 3.47. The maximum absolute atomic E-state index is 12.2. The van der Waals surface area contributed by atoms with E-state index in [1.807, 2.05) is 4.90 Å². The molecular weight excluding hydrogens is 244 g/mol. The second kappa shape index (κ2) is 5.41. The molecule has 1 saturated heterocycles. The highest BCUT2D eigenvalue weighted by molar-refractivity contribution is 7.09. The number of hydrogen-bond acceptors (Lipinski definition) is 3. The Morgan fingerprint density at radius 1 is 1.61 bits per heavy atom. The van der Waals surface area contributed by atoms with Crippen molar-refractivity contribution in [1.82, 2.24) is 4.90 Å². The fourth-order valence-electron chi connectivity index (χ4n) is 2.74. The van der Waals surface area contributed by atoms with E-state index < -0.39 is 0 Å². The maximum atomic E-state index is 12.2. The zero-order chi connectivity index (χ0) is 13.2. The van der Waals surface area contributed by atoms with E-state index in [2.05, 4.69) is 31.4 Å². The minimum atomic E-state index is -0.0700. The standard InChI is InChI=1S/C14H22N2OS/c1-14(2)9-11(15)10-16(14)13(17)7-3-5-12-6-4-8-18-12/h4,6,8,11H,3,5,7,9-10,15H2,1-2H3. The largest absolute Gasteiger partial charge is 0.336 e. The van der Waals surface area contributed by atoms with Crippen LogP contribution in [0.5, 0.6) is 0 Å². The van der Waals surface area contributed by atoms with Gasteiger partial charge in [0.25, 0.3) is 0 Å². The Bertz CT molecular complexity index is 400. The molecular formula is C14H22N2OS. The third-order valence-corrected chi connectivity index (χ3v) is 4.54. The van der Waals surface area contributed by atoms with Crippen LogP contribution in [0.2, 0.25) is 0 Å². The van der Waals surface area contributed by atoms with Gasteiger partial charge in [-0.2, -0.15) is 0 Å². The minimum absolute atomic E-state index is 0.0700. The topological polar surface area (TPSA) is 46.3 Å². The highest BCUT2D eigenvalue weighted by atomic mass is 32.1. The van der Waals surface area contributed by atoms with Crippen LogP contribution < -0.4 is 5.73 Å². The molecule has 2 rings (SSSR count). The lowest BCUT2D eigenvalue weighted by atomic mass is 10.00. The molecule has 0 aliphatic carbocycles. The van der Waals surface area contributed by atoms with Crippen molar-refractivity contribution in [3.05, 3.63) is 22.4 Å². The first-order chi connectivity index (χ1) is 8.49. The Morgan fingerprint density at radius 2 is 2.39 bits per heavy atom. The molecule has 1 unspecified atom stereocenters. The molecule has 2 N–H and O–H groups in total. The summed E-state index contributed by atoms with van der Waals surface area (Å²) in [7, 11) is 0. The third-order valence-electron chi connectivity index (χ3n) is 3.60. The minimum Gasteiger partial charge on any atom is -0.336 e. The predicted molar refractivity (Wildman–Crippen MR) is 75.6 cm³/mol. The molecule has 4 heteroatoms. The van der Waals surface area contributed by atoms with Crippen molar-refractivity contribution in [2.24, 2.45) is 5.73 Å². The number of carbonyl (C=O) groups excluding carboxylic acids is 1. The molecule has 1 amide bonds. The number of nitrogens with zero attached hydrogens (tertiary/aromatic N) is 1. The van der Waals surface area contributed by atoms with Gasteiger partial charge in [0.2, 0.25) is 5.91 Å². The van der Waals surface area contributed by atoms with E-state index in [4.69, 9.17) is 5.73 Å². The monoisotopic (exact) mass is 266 g/mol. The first kappa shape index (κ1) is 13.6. The van der Waals surface area contributed by atoms with Gasteiger partial charge in [-0.15, -0.1) is 11.3 Å². The fraction of sp³-hybridized carbons (Fsp3) is 0.643. The Kier molecular flexibility index (Phi) is 4.07. The molecule has 100 valence electrons. The molecule has 1 aromatic heterocycles. The van der Waals surface area contributed by atoms with E-state index in [0.29, 0.717) is 13.0 Å². The molecule has 1 aromatic rings. The number of rotatable bonds is 4. The molecule has 0 radical (unpaired) electrons. The fourth-order valence-corrected chi connectivity index (χ4v) is 3.49. The predicted octanol–water partition coefficient (Wildman–Crippen LogP) is 2.41.